The number of hydrogen-bond donors (Lipinski definition) is 1. The van der Waals surface area contributed by atoms with E-state index in [1.54, 1.807) is 0 Å². The average molecular weight is 280 g/mol. The fourth-order valence-corrected chi connectivity index (χ4v) is 4.00. The van der Waals surface area contributed by atoms with Crippen LogP contribution in [0.2, 0.25) is 0 Å². The van der Waals surface area contributed by atoms with Gasteiger partial charge in [-0.15, -0.1) is 0 Å². The van der Waals surface area contributed by atoms with Crippen molar-refractivity contribution in [1.82, 2.24) is 14.6 Å². The van der Waals surface area contributed by atoms with Gasteiger partial charge < -0.3 is 9.72 Å². The first-order chi connectivity index (χ1) is 10.4. The van der Waals surface area contributed by atoms with Gasteiger partial charge >= 0.3 is 0 Å². The van der Waals surface area contributed by atoms with Crippen molar-refractivity contribution in [2.75, 3.05) is 19.6 Å². The molecule has 4 nitrogen and oxygen atoms in total. The SMILES string of the molecule is N#Cc1c(CN2CCCC3CNCC32)cn2ccccc12. The van der Waals surface area contributed by atoms with Crippen molar-refractivity contribution in [2.24, 2.45) is 5.92 Å². The van der Waals surface area contributed by atoms with Crippen molar-refractivity contribution in [3.05, 3.63) is 41.7 Å². The molecule has 0 aromatic carbocycles. The molecule has 21 heavy (non-hydrogen) atoms. The van der Waals surface area contributed by atoms with E-state index in [1.807, 2.05) is 24.4 Å². The number of nitriles is 1. The molecule has 0 bridgehead atoms. The fraction of sp³-hybridized carbons (Fsp3) is 0.471. The lowest BCUT2D eigenvalue weighted by Crippen LogP contribution is -2.44. The van der Waals surface area contributed by atoms with Gasteiger partial charge in [-0.1, -0.05) is 6.07 Å². The molecular weight excluding hydrogens is 260 g/mol. The lowest BCUT2D eigenvalue weighted by molar-refractivity contribution is 0.117. The monoisotopic (exact) mass is 280 g/mol. The van der Waals surface area contributed by atoms with Gasteiger partial charge in [-0.3, -0.25) is 4.90 Å². The van der Waals surface area contributed by atoms with Crippen LogP contribution in [-0.4, -0.2) is 35.0 Å². The summed E-state index contributed by atoms with van der Waals surface area (Å²) in [5.74, 6) is 0.793. The van der Waals surface area contributed by atoms with E-state index in [2.05, 4.69) is 26.9 Å². The fourth-order valence-electron chi connectivity index (χ4n) is 4.00. The molecule has 0 radical (unpaired) electrons. The summed E-state index contributed by atoms with van der Waals surface area (Å²) >= 11 is 0. The number of nitrogens with zero attached hydrogens (tertiary/aromatic N) is 3. The molecule has 0 spiro atoms. The first-order valence-corrected chi connectivity index (χ1v) is 7.80. The summed E-state index contributed by atoms with van der Waals surface area (Å²) in [7, 11) is 0. The predicted molar refractivity (Wildman–Crippen MR) is 81.9 cm³/mol. The Hall–Kier alpha value is -1.83. The van der Waals surface area contributed by atoms with E-state index in [-0.39, 0.29) is 0 Å². The van der Waals surface area contributed by atoms with E-state index >= 15 is 0 Å². The van der Waals surface area contributed by atoms with E-state index < -0.39 is 0 Å². The maximum Gasteiger partial charge on any atom is 0.102 e. The zero-order chi connectivity index (χ0) is 14.2. The Morgan fingerprint density at radius 2 is 2.29 bits per heavy atom. The first-order valence-electron chi connectivity index (χ1n) is 7.80. The second kappa shape index (κ2) is 5.18. The van der Waals surface area contributed by atoms with Gasteiger partial charge in [-0.25, -0.2) is 0 Å². The molecule has 2 aliphatic heterocycles. The third kappa shape index (κ3) is 2.14. The molecule has 2 unspecified atom stereocenters. The molecule has 2 aromatic rings. The van der Waals surface area contributed by atoms with E-state index in [9.17, 15) is 5.26 Å². The molecule has 4 heteroatoms. The van der Waals surface area contributed by atoms with E-state index in [0.29, 0.717) is 6.04 Å². The third-order valence-corrected chi connectivity index (χ3v) is 5.04. The zero-order valence-electron chi connectivity index (χ0n) is 12.1. The maximum atomic E-state index is 9.53. The van der Waals surface area contributed by atoms with Crippen molar-refractivity contribution in [2.45, 2.75) is 25.4 Å². The van der Waals surface area contributed by atoms with Crippen LogP contribution >= 0.6 is 0 Å². The van der Waals surface area contributed by atoms with Crippen LogP contribution in [0.5, 0.6) is 0 Å². The van der Waals surface area contributed by atoms with Gasteiger partial charge in [-0.05, 0) is 44.0 Å². The second-order valence-corrected chi connectivity index (χ2v) is 6.23. The zero-order valence-corrected chi connectivity index (χ0v) is 12.1. The van der Waals surface area contributed by atoms with E-state index in [0.717, 1.165) is 48.7 Å². The minimum absolute atomic E-state index is 0.647. The quantitative estimate of drug-likeness (QED) is 0.915. The Morgan fingerprint density at radius 1 is 1.33 bits per heavy atom. The Bertz CT molecular complexity index is 696. The molecule has 2 aromatic heterocycles. The summed E-state index contributed by atoms with van der Waals surface area (Å²) in [5, 5.41) is 13.1. The molecule has 0 amide bonds. The Balaban J connectivity index is 1.66. The second-order valence-electron chi connectivity index (χ2n) is 6.23. The van der Waals surface area contributed by atoms with Gasteiger partial charge in [0.1, 0.15) is 6.07 Å². The highest BCUT2D eigenvalue weighted by Crippen LogP contribution is 2.29. The van der Waals surface area contributed by atoms with Gasteiger partial charge in [-0.2, -0.15) is 5.26 Å². The minimum Gasteiger partial charge on any atom is -0.322 e. The Labute approximate surface area is 125 Å². The standard InChI is InChI=1S/C17H20N4/c18-8-15-14(11-20-6-2-1-5-16(15)20)12-21-7-3-4-13-9-19-10-17(13)21/h1-2,5-6,11,13,17,19H,3-4,7,9-10,12H2. The van der Waals surface area contributed by atoms with Crippen LogP contribution < -0.4 is 5.32 Å². The van der Waals surface area contributed by atoms with Crippen LogP contribution in [0.15, 0.2) is 30.6 Å². The van der Waals surface area contributed by atoms with Crippen molar-refractivity contribution < 1.29 is 0 Å². The predicted octanol–water partition coefficient (Wildman–Crippen LogP) is 1.99. The Morgan fingerprint density at radius 3 is 3.19 bits per heavy atom. The Kier molecular flexibility index (Phi) is 3.17. The van der Waals surface area contributed by atoms with Crippen molar-refractivity contribution in [3.63, 3.8) is 0 Å². The first kappa shape index (κ1) is 12.9. The van der Waals surface area contributed by atoms with Crippen LogP contribution in [0.25, 0.3) is 5.52 Å². The molecule has 2 aliphatic rings. The molecule has 0 saturated carbocycles. The molecule has 4 rings (SSSR count). The molecule has 2 saturated heterocycles. The highest BCUT2D eigenvalue weighted by atomic mass is 15.2. The lowest BCUT2D eigenvalue weighted by Gasteiger charge is -2.36. The molecule has 0 aliphatic carbocycles. The molecule has 2 atom stereocenters. The number of rotatable bonds is 2. The summed E-state index contributed by atoms with van der Waals surface area (Å²) in [6.07, 6.45) is 6.77. The van der Waals surface area contributed by atoms with Crippen LogP contribution in [0, 0.1) is 17.2 Å². The number of likely N-dealkylation sites (tertiary alicyclic amines) is 1. The van der Waals surface area contributed by atoms with Gasteiger partial charge in [0.05, 0.1) is 11.1 Å². The number of fused-ring (bicyclic) bond motifs is 2. The molecule has 108 valence electrons. The van der Waals surface area contributed by atoms with E-state index in [4.69, 9.17) is 0 Å². The number of aromatic nitrogens is 1. The van der Waals surface area contributed by atoms with Gasteiger partial charge in [0.25, 0.3) is 0 Å². The largest absolute Gasteiger partial charge is 0.322 e. The summed E-state index contributed by atoms with van der Waals surface area (Å²) in [6.45, 7) is 4.30. The van der Waals surface area contributed by atoms with Crippen molar-refractivity contribution in [3.8, 4) is 6.07 Å². The van der Waals surface area contributed by atoms with Crippen LogP contribution in [0.1, 0.15) is 24.0 Å². The lowest BCUT2D eigenvalue weighted by atomic mass is 9.91. The van der Waals surface area contributed by atoms with Crippen molar-refractivity contribution in [1.29, 1.82) is 5.26 Å². The topological polar surface area (TPSA) is 43.5 Å². The number of piperidine rings is 1. The number of nitrogens with one attached hydrogen (secondary N) is 1. The molecule has 1 N–H and O–H groups in total. The van der Waals surface area contributed by atoms with Gasteiger partial charge in [0, 0.05) is 37.1 Å². The van der Waals surface area contributed by atoms with Gasteiger partial charge in [0.2, 0.25) is 0 Å². The maximum absolute atomic E-state index is 9.53. The van der Waals surface area contributed by atoms with E-state index in [1.165, 1.54) is 12.8 Å². The highest BCUT2D eigenvalue weighted by Gasteiger charge is 2.35. The van der Waals surface area contributed by atoms with Crippen LogP contribution in [0.4, 0.5) is 0 Å². The summed E-state index contributed by atoms with van der Waals surface area (Å²) in [6, 6.07) is 9.08. The molecular formula is C17H20N4. The van der Waals surface area contributed by atoms with Gasteiger partial charge in [0.15, 0.2) is 0 Å². The third-order valence-electron chi connectivity index (χ3n) is 5.04. The summed E-state index contributed by atoms with van der Waals surface area (Å²) in [5.41, 5.74) is 3.02. The number of pyridine rings is 1. The summed E-state index contributed by atoms with van der Waals surface area (Å²) in [4.78, 5) is 2.57. The number of hydrogen-bond acceptors (Lipinski definition) is 3. The normalized spacial score (nSPS) is 25.9. The highest BCUT2D eigenvalue weighted by molar-refractivity contribution is 5.65. The van der Waals surface area contributed by atoms with Crippen molar-refractivity contribution >= 4 is 5.52 Å². The van der Waals surface area contributed by atoms with Crippen LogP contribution in [0.3, 0.4) is 0 Å². The average Bonchev–Trinajstić information content (AvgIpc) is 3.11. The smallest absolute Gasteiger partial charge is 0.102 e. The summed E-state index contributed by atoms with van der Waals surface area (Å²) < 4.78 is 2.07. The molecule has 4 heterocycles. The van der Waals surface area contributed by atoms with Crippen LogP contribution in [-0.2, 0) is 6.54 Å². The minimum atomic E-state index is 0.647. The molecule has 2 fully saturated rings.